The Morgan fingerprint density at radius 1 is 1.62 bits per heavy atom. The Balaban J connectivity index is 2.26. The Kier molecular flexibility index (Phi) is 2.19. The molecule has 0 unspecified atom stereocenters. The van der Waals surface area contributed by atoms with E-state index in [1.807, 2.05) is 18.5 Å². The van der Waals surface area contributed by atoms with Gasteiger partial charge < -0.3 is 10.6 Å². The highest BCUT2D eigenvalue weighted by Crippen LogP contribution is 2.31. The highest BCUT2D eigenvalue weighted by atomic mass is 15.2. The van der Waals surface area contributed by atoms with Gasteiger partial charge in [-0.05, 0) is 18.9 Å². The van der Waals surface area contributed by atoms with Crippen LogP contribution < -0.4 is 10.6 Å². The molecule has 70 valence electrons. The van der Waals surface area contributed by atoms with Crippen molar-refractivity contribution in [1.82, 2.24) is 4.98 Å². The maximum atomic E-state index is 5.64. The van der Waals surface area contributed by atoms with E-state index in [4.69, 9.17) is 5.73 Å². The van der Waals surface area contributed by atoms with E-state index in [0.29, 0.717) is 6.54 Å². The maximum Gasteiger partial charge on any atom is 0.0442 e. The second kappa shape index (κ2) is 3.34. The van der Waals surface area contributed by atoms with Gasteiger partial charge in [0.15, 0.2) is 0 Å². The number of nitrogens with two attached hydrogens (primary N) is 1. The van der Waals surface area contributed by atoms with E-state index in [1.165, 1.54) is 18.5 Å². The molecule has 0 aliphatic heterocycles. The molecule has 2 rings (SSSR count). The number of hydrogen-bond acceptors (Lipinski definition) is 3. The molecule has 0 bridgehead atoms. The zero-order chi connectivity index (χ0) is 9.26. The van der Waals surface area contributed by atoms with Crippen LogP contribution in [0.4, 0.5) is 5.69 Å². The molecular weight excluding hydrogens is 162 g/mol. The first-order valence-electron chi connectivity index (χ1n) is 4.68. The van der Waals surface area contributed by atoms with Crippen molar-refractivity contribution >= 4 is 5.69 Å². The highest BCUT2D eigenvalue weighted by Gasteiger charge is 2.27. The number of pyridine rings is 1. The molecule has 2 N–H and O–H groups in total. The summed E-state index contributed by atoms with van der Waals surface area (Å²) in [6, 6.07) is 2.77. The lowest BCUT2D eigenvalue weighted by Gasteiger charge is -2.21. The van der Waals surface area contributed by atoms with Crippen LogP contribution in [0.15, 0.2) is 18.5 Å². The molecule has 0 atom stereocenters. The Morgan fingerprint density at radius 2 is 2.38 bits per heavy atom. The van der Waals surface area contributed by atoms with Gasteiger partial charge in [0.25, 0.3) is 0 Å². The fourth-order valence-corrected chi connectivity index (χ4v) is 1.58. The summed E-state index contributed by atoms with van der Waals surface area (Å²) in [5, 5.41) is 0. The second-order valence-electron chi connectivity index (χ2n) is 3.55. The molecule has 0 radical (unpaired) electrons. The van der Waals surface area contributed by atoms with Crippen molar-refractivity contribution in [2.45, 2.75) is 25.4 Å². The summed E-state index contributed by atoms with van der Waals surface area (Å²) in [6.45, 7) is 0.570. The lowest BCUT2D eigenvalue weighted by Crippen LogP contribution is -2.21. The average molecular weight is 177 g/mol. The molecule has 1 saturated carbocycles. The number of rotatable bonds is 3. The topological polar surface area (TPSA) is 42.2 Å². The van der Waals surface area contributed by atoms with Crippen LogP contribution in [-0.2, 0) is 6.54 Å². The lowest BCUT2D eigenvalue weighted by molar-refractivity contribution is 0.893. The van der Waals surface area contributed by atoms with Gasteiger partial charge in [0.1, 0.15) is 0 Å². The first kappa shape index (κ1) is 8.51. The molecule has 3 heteroatoms. The monoisotopic (exact) mass is 177 g/mol. The molecule has 1 aromatic rings. The molecule has 0 saturated heterocycles. The molecule has 0 amide bonds. The Morgan fingerprint density at radius 3 is 3.00 bits per heavy atom. The Bertz CT molecular complexity index is 294. The smallest absolute Gasteiger partial charge is 0.0442 e. The van der Waals surface area contributed by atoms with Gasteiger partial charge in [-0.15, -0.1) is 0 Å². The van der Waals surface area contributed by atoms with Crippen LogP contribution in [0.5, 0.6) is 0 Å². The van der Waals surface area contributed by atoms with E-state index in [-0.39, 0.29) is 0 Å². The largest absolute Gasteiger partial charge is 0.371 e. The third kappa shape index (κ3) is 1.65. The lowest BCUT2D eigenvalue weighted by atomic mass is 10.2. The molecule has 1 aromatic heterocycles. The van der Waals surface area contributed by atoms with Crippen molar-refractivity contribution in [2.24, 2.45) is 5.73 Å². The SMILES string of the molecule is CN(c1ccncc1CN)C1CC1. The van der Waals surface area contributed by atoms with Crippen LogP contribution >= 0.6 is 0 Å². The van der Waals surface area contributed by atoms with Crippen LogP contribution in [-0.4, -0.2) is 18.1 Å². The molecule has 1 heterocycles. The second-order valence-corrected chi connectivity index (χ2v) is 3.55. The molecule has 1 aliphatic rings. The Labute approximate surface area is 78.6 Å². The molecule has 13 heavy (non-hydrogen) atoms. The van der Waals surface area contributed by atoms with Gasteiger partial charge in [-0.1, -0.05) is 0 Å². The standard InChI is InChI=1S/C10H15N3/c1-13(9-2-3-9)10-4-5-12-7-8(10)6-11/h4-5,7,9H,2-3,6,11H2,1H3. The summed E-state index contributed by atoms with van der Waals surface area (Å²) < 4.78 is 0. The zero-order valence-electron chi connectivity index (χ0n) is 7.90. The molecule has 0 aromatic carbocycles. The molecule has 1 aliphatic carbocycles. The Hall–Kier alpha value is -1.09. The minimum Gasteiger partial charge on any atom is -0.371 e. The number of anilines is 1. The van der Waals surface area contributed by atoms with Crippen LogP contribution in [0.2, 0.25) is 0 Å². The summed E-state index contributed by atoms with van der Waals surface area (Å²) in [7, 11) is 2.13. The first-order valence-corrected chi connectivity index (χ1v) is 4.68. The van der Waals surface area contributed by atoms with E-state index in [0.717, 1.165) is 11.6 Å². The van der Waals surface area contributed by atoms with Crippen LogP contribution in [0.25, 0.3) is 0 Å². The van der Waals surface area contributed by atoms with Crippen LogP contribution in [0, 0.1) is 0 Å². The fourth-order valence-electron chi connectivity index (χ4n) is 1.58. The van der Waals surface area contributed by atoms with E-state index >= 15 is 0 Å². The fraction of sp³-hybridized carbons (Fsp3) is 0.500. The summed E-state index contributed by atoms with van der Waals surface area (Å²) in [4.78, 5) is 6.38. The minimum absolute atomic E-state index is 0.570. The highest BCUT2D eigenvalue weighted by molar-refractivity contribution is 5.53. The average Bonchev–Trinajstić information content (AvgIpc) is 3.00. The summed E-state index contributed by atoms with van der Waals surface area (Å²) >= 11 is 0. The predicted molar refractivity (Wildman–Crippen MR) is 53.6 cm³/mol. The van der Waals surface area contributed by atoms with Crippen molar-refractivity contribution < 1.29 is 0 Å². The summed E-state index contributed by atoms with van der Waals surface area (Å²) in [6.07, 6.45) is 6.30. The predicted octanol–water partition coefficient (Wildman–Crippen LogP) is 1.14. The van der Waals surface area contributed by atoms with Crippen molar-refractivity contribution in [1.29, 1.82) is 0 Å². The van der Waals surface area contributed by atoms with Gasteiger partial charge in [0.2, 0.25) is 0 Å². The normalized spacial score (nSPS) is 15.8. The van der Waals surface area contributed by atoms with Gasteiger partial charge in [0, 0.05) is 43.3 Å². The van der Waals surface area contributed by atoms with E-state index in [2.05, 4.69) is 16.9 Å². The number of aromatic nitrogens is 1. The van der Waals surface area contributed by atoms with Crippen molar-refractivity contribution in [3.63, 3.8) is 0 Å². The summed E-state index contributed by atoms with van der Waals surface area (Å²) in [5.74, 6) is 0. The minimum atomic E-state index is 0.570. The van der Waals surface area contributed by atoms with Gasteiger partial charge in [0.05, 0.1) is 0 Å². The molecule has 1 fully saturated rings. The quantitative estimate of drug-likeness (QED) is 0.752. The van der Waals surface area contributed by atoms with Gasteiger partial charge in [-0.3, -0.25) is 4.98 Å². The molecule has 0 spiro atoms. The van der Waals surface area contributed by atoms with E-state index in [9.17, 15) is 0 Å². The van der Waals surface area contributed by atoms with Gasteiger partial charge in [-0.25, -0.2) is 0 Å². The maximum absolute atomic E-state index is 5.64. The van der Waals surface area contributed by atoms with Crippen molar-refractivity contribution in [3.05, 3.63) is 24.0 Å². The van der Waals surface area contributed by atoms with Gasteiger partial charge in [-0.2, -0.15) is 0 Å². The van der Waals surface area contributed by atoms with E-state index in [1.54, 1.807) is 0 Å². The third-order valence-corrected chi connectivity index (χ3v) is 2.57. The van der Waals surface area contributed by atoms with E-state index < -0.39 is 0 Å². The summed E-state index contributed by atoms with van der Waals surface area (Å²) in [5.41, 5.74) is 8.01. The van der Waals surface area contributed by atoms with Crippen molar-refractivity contribution in [3.8, 4) is 0 Å². The molecule has 3 nitrogen and oxygen atoms in total. The van der Waals surface area contributed by atoms with Gasteiger partial charge >= 0.3 is 0 Å². The molecular formula is C10H15N3. The van der Waals surface area contributed by atoms with Crippen molar-refractivity contribution in [2.75, 3.05) is 11.9 Å². The zero-order valence-corrected chi connectivity index (χ0v) is 7.90. The van der Waals surface area contributed by atoms with Crippen LogP contribution in [0.1, 0.15) is 18.4 Å². The van der Waals surface area contributed by atoms with Crippen LogP contribution in [0.3, 0.4) is 0 Å². The first-order chi connectivity index (χ1) is 6.33. The number of nitrogens with zero attached hydrogens (tertiary/aromatic N) is 2. The number of hydrogen-bond donors (Lipinski definition) is 1. The third-order valence-electron chi connectivity index (χ3n) is 2.57.